The molecule has 0 spiro atoms. The van der Waals surface area contributed by atoms with Crippen molar-refractivity contribution in [1.29, 1.82) is 0 Å². The van der Waals surface area contributed by atoms with Gasteiger partial charge >= 0.3 is 0 Å². The molecule has 0 fully saturated rings. The normalized spacial score (nSPS) is 11.7. The minimum Gasteiger partial charge on any atom is -0.497 e. The Bertz CT molecular complexity index is 1200. The Labute approximate surface area is 184 Å². The predicted octanol–water partition coefficient (Wildman–Crippen LogP) is 4.26. The van der Waals surface area contributed by atoms with Crippen LogP contribution in [0.15, 0.2) is 77.5 Å². The summed E-state index contributed by atoms with van der Waals surface area (Å²) in [5.41, 5.74) is 0.818. The topological polar surface area (TPSA) is 78.5 Å². The molecule has 0 aliphatic carbocycles. The third-order valence-corrected chi connectivity index (χ3v) is 4.90. The van der Waals surface area contributed by atoms with Gasteiger partial charge in [0.05, 0.1) is 7.11 Å². The maximum absolute atomic E-state index is 13.0. The van der Waals surface area contributed by atoms with Crippen molar-refractivity contribution in [2.45, 2.75) is 12.6 Å². The molecule has 164 valence electrons. The minimum atomic E-state index is -0.512. The first kappa shape index (κ1) is 21.2. The molecule has 32 heavy (non-hydrogen) atoms. The predicted molar refractivity (Wildman–Crippen MR) is 115 cm³/mol. The zero-order valence-electron chi connectivity index (χ0n) is 17.6. The Hall–Kier alpha value is -4.07. The second kappa shape index (κ2) is 9.38. The van der Waals surface area contributed by atoms with Gasteiger partial charge in [-0.05, 0) is 54.1 Å². The Morgan fingerprint density at radius 3 is 2.69 bits per heavy atom. The SMILES string of the molecule is COc1cccc(C(NC(=O)c2ccc(COc3ccc(F)cc3)o2)c2nccn2C)c1. The van der Waals surface area contributed by atoms with E-state index >= 15 is 0 Å². The zero-order valence-corrected chi connectivity index (χ0v) is 17.6. The van der Waals surface area contributed by atoms with Gasteiger partial charge in [-0.2, -0.15) is 0 Å². The second-order valence-corrected chi connectivity index (χ2v) is 7.09. The number of hydrogen-bond donors (Lipinski definition) is 1. The fourth-order valence-corrected chi connectivity index (χ4v) is 3.24. The van der Waals surface area contributed by atoms with Crippen molar-refractivity contribution in [3.05, 3.63) is 102 Å². The molecule has 0 radical (unpaired) electrons. The zero-order chi connectivity index (χ0) is 22.5. The van der Waals surface area contributed by atoms with Crippen molar-refractivity contribution in [2.24, 2.45) is 7.05 Å². The second-order valence-electron chi connectivity index (χ2n) is 7.09. The first-order chi connectivity index (χ1) is 15.5. The summed E-state index contributed by atoms with van der Waals surface area (Å²) in [6.45, 7) is 0.109. The van der Waals surface area contributed by atoms with E-state index in [4.69, 9.17) is 13.9 Å². The molecule has 1 N–H and O–H groups in total. The largest absolute Gasteiger partial charge is 0.497 e. The molecule has 0 aliphatic rings. The van der Waals surface area contributed by atoms with Crippen LogP contribution < -0.4 is 14.8 Å². The maximum atomic E-state index is 13.0. The van der Waals surface area contributed by atoms with Crippen LogP contribution in [0.5, 0.6) is 11.5 Å². The number of carbonyl (C=O) groups is 1. The highest BCUT2D eigenvalue weighted by atomic mass is 19.1. The number of nitrogens with zero attached hydrogens (tertiary/aromatic N) is 2. The van der Waals surface area contributed by atoms with E-state index in [2.05, 4.69) is 10.3 Å². The van der Waals surface area contributed by atoms with E-state index in [0.29, 0.717) is 23.1 Å². The summed E-state index contributed by atoms with van der Waals surface area (Å²) >= 11 is 0. The molecule has 4 rings (SSSR count). The average Bonchev–Trinajstić information content (AvgIpc) is 3.46. The Balaban J connectivity index is 1.50. The summed E-state index contributed by atoms with van der Waals surface area (Å²) in [5.74, 6) is 1.72. The molecule has 4 aromatic rings. The van der Waals surface area contributed by atoms with E-state index in [1.165, 1.54) is 24.3 Å². The fraction of sp³-hybridized carbons (Fsp3) is 0.167. The first-order valence-electron chi connectivity index (χ1n) is 9.92. The molecule has 0 saturated heterocycles. The van der Waals surface area contributed by atoms with Crippen molar-refractivity contribution in [3.8, 4) is 11.5 Å². The number of ether oxygens (including phenoxy) is 2. The number of furan rings is 1. The van der Waals surface area contributed by atoms with Crippen molar-refractivity contribution in [3.63, 3.8) is 0 Å². The number of nitrogens with one attached hydrogen (secondary N) is 1. The summed E-state index contributed by atoms with van der Waals surface area (Å²) in [7, 11) is 3.45. The van der Waals surface area contributed by atoms with Crippen LogP contribution in [-0.4, -0.2) is 22.6 Å². The molecule has 2 aromatic carbocycles. The van der Waals surface area contributed by atoms with Crippen LogP contribution in [0.3, 0.4) is 0 Å². The number of imidazole rings is 1. The van der Waals surface area contributed by atoms with Gasteiger partial charge in [-0.1, -0.05) is 12.1 Å². The molecule has 0 aliphatic heterocycles. The van der Waals surface area contributed by atoms with E-state index < -0.39 is 11.9 Å². The monoisotopic (exact) mass is 435 g/mol. The number of methoxy groups -OCH3 is 1. The fourth-order valence-electron chi connectivity index (χ4n) is 3.24. The Morgan fingerprint density at radius 2 is 1.97 bits per heavy atom. The number of hydrogen-bond acceptors (Lipinski definition) is 5. The lowest BCUT2D eigenvalue weighted by molar-refractivity contribution is 0.0909. The van der Waals surface area contributed by atoms with Crippen LogP contribution in [0.2, 0.25) is 0 Å². The van der Waals surface area contributed by atoms with E-state index in [0.717, 1.165) is 5.56 Å². The highest BCUT2D eigenvalue weighted by molar-refractivity contribution is 5.92. The molecule has 8 heteroatoms. The first-order valence-corrected chi connectivity index (χ1v) is 9.92. The van der Waals surface area contributed by atoms with Crippen LogP contribution in [0.25, 0.3) is 0 Å². The molecular weight excluding hydrogens is 413 g/mol. The molecule has 1 atom stereocenters. The van der Waals surface area contributed by atoms with Crippen LogP contribution in [0, 0.1) is 5.82 Å². The summed E-state index contributed by atoms with van der Waals surface area (Å²) in [6.07, 6.45) is 3.49. The van der Waals surface area contributed by atoms with Crippen LogP contribution in [0.1, 0.15) is 33.7 Å². The molecule has 1 unspecified atom stereocenters. The summed E-state index contributed by atoms with van der Waals surface area (Å²) in [4.78, 5) is 17.4. The van der Waals surface area contributed by atoms with Gasteiger partial charge in [0.25, 0.3) is 5.91 Å². The summed E-state index contributed by atoms with van der Waals surface area (Å²) in [6, 6.07) is 15.8. The third-order valence-electron chi connectivity index (χ3n) is 4.90. The summed E-state index contributed by atoms with van der Waals surface area (Å²) < 4.78 is 31.4. The lowest BCUT2D eigenvalue weighted by Gasteiger charge is -2.19. The number of aryl methyl sites for hydroxylation is 1. The number of carbonyl (C=O) groups excluding carboxylic acids is 1. The van der Waals surface area contributed by atoms with Gasteiger partial charge in [0, 0.05) is 19.4 Å². The number of rotatable bonds is 8. The van der Waals surface area contributed by atoms with E-state index in [9.17, 15) is 9.18 Å². The van der Waals surface area contributed by atoms with Gasteiger partial charge < -0.3 is 23.8 Å². The van der Waals surface area contributed by atoms with Crippen molar-refractivity contribution in [2.75, 3.05) is 7.11 Å². The van der Waals surface area contributed by atoms with Gasteiger partial charge in [0.1, 0.15) is 41.5 Å². The number of amides is 1. The molecule has 1 amide bonds. The van der Waals surface area contributed by atoms with Gasteiger partial charge in [-0.25, -0.2) is 9.37 Å². The molecule has 0 bridgehead atoms. The number of halogens is 1. The smallest absolute Gasteiger partial charge is 0.287 e. The summed E-state index contributed by atoms with van der Waals surface area (Å²) in [5, 5.41) is 2.98. The van der Waals surface area contributed by atoms with Crippen molar-refractivity contribution < 1.29 is 23.1 Å². The Kier molecular flexibility index (Phi) is 6.21. The van der Waals surface area contributed by atoms with Gasteiger partial charge in [0.2, 0.25) is 0 Å². The molecule has 7 nitrogen and oxygen atoms in total. The highest BCUT2D eigenvalue weighted by Crippen LogP contribution is 2.25. The van der Waals surface area contributed by atoms with Crippen LogP contribution in [0.4, 0.5) is 4.39 Å². The molecule has 2 aromatic heterocycles. The van der Waals surface area contributed by atoms with Crippen LogP contribution >= 0.6 is 0 Å². The quantitative estimate of drug-likeness (QED) is 0.447. The van der Waals surface area contributed by atoms with Crippen LogP contribution in [-0.2, 0) is 13.7 Å². The molecule has 2 heterocycles. The van der Waals surface area contributed by atoms with Gasteiger partial charge in [-0.15, -0.1) is 0 Å². The Morgan fingerprint density at radius 1 is 1.16 bits per heavy atom. The third kappa shape index (κ3) is 4.80. The average molecular weight is 435 g/mol. The van der Waals surface area contributed by atoms with Crippen molar-refractivity contribution >= 4 is 5.91 Å². The maximum Gasteiger partial charge on any atom is 0.287 e. The van der Waals surface area contributed by atoms with E-state index in [1.807, 2.05) is 42.1 Å². The van der Waals surface area contributed by atoms with Crippen molar-refractivity contribution in [1.82, 2.24) is 14.9 Å². The minimum absolute atomic E-state index is 0.109. The lowest BCUT2D eigenvalue weighted by Crippen LogP contribution is -2.30. The van der Waals surface area contributed by atoms with Gasteiger partial charge in [-0.3, -0.25) is 4.79 Å². The lowest BCUT2D eigenvalue weighted by atomic mass is 10.1. The van der Waals surface area contributed by atoms with E-state index in [-0.39, 0.29) is 18.2 Å². The molecule has 0 saturated carbocycles. The van der Waals surface area contributed by atoms with Gasteiger partial charge in [0.15, 0.2) is 5.76 Å². The molecular formula is C24H22FN3O4. The standard InChI is InChI=1S/C24H22FN3O4/c1-28-13-12-26-23(28)22(16-4-3-5-19(14-16)30-2)27-24(29)21-11-10-20(32-21)15-31-18-8-6-17(25)7-9-18/h3-14,22H,15H2,1-2H3,(H,27,29). The van der Waals surface area contributed by atoms with E-state index in [1.54, 1.807) is 25.4 Å². The number of aromatic nitrogens is 2. The number of benzene rings is 2. The highest BCUT2D eigenvalue weighted by Gasteiger charge is 2.23.